The Bertz CT molecular complexity index is 815. The van der Waals surface area contributed by atoms with Crippen molar-refractivity contribution in [3.05, 3.63) is 46.0 Å². The van der Waals surface area contributed by atoms with Gasteiger partial charge in [0.15, 0.2) is 0 Å². The summed E-state index contributed by atoms with van der Waals surface area (Å²) in [5.74, 6) is -0.0172. The molecule has 0 saturated carbocycles. The second kappa shape index (κ2) is 10.0. The largest absolute Gasteiger partial charge is 0.356 e. The molecule has 1 heterocycles. The minimum absolute atomic E-state index is 0.00157. The lowest BCUT2D eigenvalue weighted by Gasteiger charge is -2.30. The molecular formula is C21H29BrN2O3S. The van der Waals surface area contributed by atoms with E-state index in [1.807, 2.05) is 24.3 Å². The molecule has 1 saturated heterocycles. The molecule has 1 fully saturated rings. The van der Waals surface area contributed by atoms with Crippen LogP contribution in [0, 0.1) is 5.92 Å². The van der Waals surface area contributed by atoms with Crippen LogP contribution in [0.4, 0.5) is 0 Å². The van der Waals surface area contributed by atoms with Gasteiger partial charge in [0.1, 0.15) is 0 Å². The quantitative estimate of drug-likeness (QED) is 0.614. The molecule has 1 aliphatic heterocycles. The molecule has 0 bridgehead atoms. The van der Waals surface area contributed by atoms with Crippen molar-refractivity contribution in [2.45, 2.75) is 50.7 Å². The van der Waals surface area contributed by atoms with Gasteiger partial charge < -0.3 is 5.32 Å². The number of hydrogen-bond donors (Lipinski definition) is 1. The van der Waals surface area contributed by atoms with Gasteiger partial charge in [-0.1, -0.05) is 39.7 Å². The van der Waals surface area contributed by atoms with E-state index < -0.39 is 10.0 Å². The monoisotopic (exact) mass is 468 g/mol. The van der Waals surface area contributed by atoms with Crippen LogP contribution in [0.15, 0.2) is 40.4 Å². The van der Waals surface area contributed by atoms with Crippen LogP contribution in [0.3, 0.4) is 0 Å². The minimum Gasteiger partial charge on any atom is -0.356 e. The Morgan fingerprint density at radius 1 is 1.21 bits per heavy atom. The number of rotatable bonds is 7. The van der Waals surface area contributed by atoms with Crippen molar-refractivity contribution >= 4 is 31.9 Å². The number of benzene rings is 1. The molecule has 1 aliphatic carbocycles. The molecule has 0 spiro atoms. The predicted molar refractivity (Wildman–Crippen MR) is 115 cm³/mol. The van der Waals surface area contributed by atoms with Crippen LogP contribution >= 0.6 is 15.9 Å². The highest BCUT2D eigenvalue weighted by molar-refractivity contribution is 9.10. The number of allylic oxidation sites excluding steroid dienone is 1. The first kappa shape index (κ1) is 21.5. The lowest BCUT2D eigenvalue weighted by Crippen LogP contribution is -2.43. The van der Waals surface area contributed by atoms with Crippen molar-refractivity contribution in [1.82, 2.24) is 9.62 Å². The summed E-state index contributed by atoms with van der Waals surface area (Å²) in [5.41, 5.74) is 2.23. The summed E-state index contributed by atoms with van der Waals surface area (Å²) < 4.78 is 27.8. The first-order chi connectivity index (χ1) is 13.4. The highest BCUT2D eigenvalue weighted by Crippen LogP contribution is 2.23. The van der Waals surface area contributed by atoms with Gasteiger partial charge in [-0.05, 0) is 62.6 Å². The van der Waals surface area contributed by atoms with Gasteiger partial charge in [0.05, 0.1) is 5.75 Å². The van der Waals surface area contributed by atoms with Gasteiger partial charge in [-0.15, -0.1) is 0 Å². The minimum atomic E-state index is -3.36. The molecule has 0 radical (unpaired) electrons. The van der Waals surface area contributed by atoms with Gasteiger partial charge >= 0.3 is 0 Å². The number of nitrogens with one attached hydrogen (secondary N) is 1. The fourth-order valence-electron chi connectivity index (χ4n) is 3.95. The Kier molecular flexibility index (Phi) is 7.71. The molecule has 1 aromatic carbocycles. The van der Waals surface area contributed by atoms with Crippen molar-refractivity contribution in [2.75, 3.05) is 19.6 Å². The Morgan fingerprint density at radius 2 is 2.00 bits per heavy atom. The molecule has 3 rings (SSSR count). The van der Waals surface area contributed by atoms with E-state index >= 15 is 0 Å². The summed E-state index contributed by atoms with van der Waals surface area (Å²) in [6.07, 6.45) is 9.28. The SMILES string of the molecule is O=C(NCCC1=CCCCC1)C1CCN(S(=O)(=O)Cc2cccc(Br)c2)CC1. The molecule has 5 nitrogen and oxygen atoms in total. The van der Waals surface area contributed by atoms with E-state index in [4.69, 9.17) is 0 Å². The molecular weight excluding hydrogens is 440 g/mol. The highest BCUT2D eigenvalue weighted by Gasteiger charge is 2.31. The molecule has 154 valence electrons. The first-order valence-corrected chi connectivity index (χ1v) is 12.5. The molecule has 0 atom stereocenters. The number of nitrogens with zero attached hydrogens (tertiary/aromatic N) is 1. The molecule has 7 heteroatoms. The van der Waals surface area contributed by atoms with E-state index in [2.05, 4.69) is 27.3 Å². The van der Waals surface area contributed by atoms with Crippen LogP contribution in [0.2, 0.25) is 0 Å². The molecule has 0 unspecified atom stereocenters. The Morgan fingerprint density at radius 3 is 2.68 bits per heavy atom. The normalized spacial score (nSPS) is 19.2. The van der Waals surface area contributed by atoms with Gasteiger partial charge in [0.25, 0.3) is 0 Å². The summed E-state index contributed by atoms with van der Waals surface area (Å²) in [7, 11) is -3.36. The third-order valence-electron chi connectivity index (χ3n) is 5.59. The zero-order valence-corrected chi connectivity index (χ0v) is 18.6. The third-order valence-corrected chi connectivity index (χ3v) is 7.93. The van der Waals surface area contributed by atoms with Crippen molar-refractivity contribution in [3.8, 4) is 0 Å². The average Bonchev–Trinajstić information content (AvgIpc) is 2.68. The second-order valence-electron chi connectivity index (χ2n) is 7.71. The summed E-state index contributed by atoms with van der Waals surface area (Å²) in [6.45, 7) is 1.52. The van der Waals surface area contributed by atoms with Crippen molar-refractivity contribution < 1.29 is 13.2 Å². The van der Waals surface area contributed by atoms with Gasteiger partial charge in [0.2, 0.25) is 15.9 Å². The lowest BCUT2D eigenvalue weighted by molar-refractivity contribution is -0.126. The number of halogens is 1. The van der Waals surface area contributed by atoms with Crippen LogP contribution in [0.25, 0.3) is 0 Å². The zero-order chi connectivity index (χ0) is 20.0. The van der Waals surface area contributed by atoms with Crippen LogP contribution in [-0.4, -0.2) is 38.3 Å². The van der Waals surface area contributed by atoms with E-state index in [1.165, 1.54) is 22.7 Å². The number of hydrogen-bond acceptors (Lipinski definition) is 3. The molecule has 2 aliphatic rings. The number of amides is 1. The Balaban J connectivity index is 1.44. The fourth-order valence-corrected chi connectivity index (χ4v) is 5.94. The molecule has 1 N–H and O–H groups in total. The van der Waals surface area contributed by atoms with E-state index in [0.717, 1.165) is 29.3 Å². The maximum absolute atomic E-state index is 12.7. The summed E-state index contributed by atoms with van der Waals surface area (Å²) in [5, 5.41) is 3.05. The van der Waals surface area contributed by atoms with Crippen LogP contribution in [-0.2, 0) is 20.6 Å². The van der Waals surface area contributed by atoms with E-state index in [-0.39, 0.29) is 17.6 Å². The van der Waals surface area contributed by atoms with Crippen molar-refractivity contribution in [3.63, 3.8) is 0 Å². The maximum Gasteiger partial charge on any atom is 0.223 e. The Hall–Kier alpha value is -1.18. The van der Waals surface area contributed by atoms with E-state index in [0.29, 0.717) is 32.5 Å². The van der Waals surface area contributed by atoms with Gasteiger partial charge in [0, 0.05) is 30.0 Å². The highest BCUT2D eigenvalue weighted by atomic mass is 79.9. The molecule has 1 aromatic rings. The maximum atomic E-state index is 12.7. The molecule has 28 heavy (non-hydrogen) atoms. The number of sulfonamides is 1. The van der Waals surface area contributed by atoms with Crippen molar-refractivity contribution in [1.29, 1.82) is 0 Å². The summed E-state index contributed by atoms with van der Waals surface area (Å²) in [6, 6.07) is 7.38. The molecule has 1 amide bonds. The van der Waals surface area contributed by atoms with Gasteiger partial charge in [-0.2, -0.15) is 0 Å². The number of piperidine rings is 1. The van der Waals surface area contributed by atoms with Gasteiger partial charge in [-0.25, -0.2) is 12.7 Å². The predicted octanol–water partition coefficient (Wildman–Crippen LogP) is 4.00. The van der Waals surface area contributed by atoms with E-state index in [1.54, 1.807) is 0 Å². The average molecular weight is 469 g/mol. The molecule has 0 aromatic heterocycles. The zero-order valence-electron chi connectivity index (χ0n) is 16.2. The summed E-state index contributed by atoms with van der Waals surface area (Å²) in [4.78, 5) is 12.4. The smallest absolute Gasteiger partial charge is 0.223 e. The fraction of sp³-hybridized carbons (Fsp3) is 0.571. The third kappa shape index (κ3) is 6.16. The number of carbonyl (C=O) groups is 1. The topological polar surface area (TPSA) is 66.5 Å². The van der Waals surface area contributed by atoms with Crippen LogP contribution in [0.5, 0.6) is 0 Å². The lowest BCUT2D eigenvalue weighted by atomic mass is 9.96. The van der Waals surface area contributed by atoms with Gasteiger partial charge in [-0.3, -0.25) is 4.79 Å². The Labute approximate surface area is 176 Å². The second-order valence-corrected chi connectivity index (χ2v) is 10.6. The standard InChI is InChI=1S/C21H29BrN2O3S/c22-20-8-4-7-18(15-20)16-28(26,27)24-13-10-19(11-14-24)21(25)23-12-9-17-5-2-1-3-6-17/h4-5,7-8,15,19H,1-3,6,9-14,16H2,(H,23,25). The van der Waals surface area contributed by atoms with Crippen molar-refractivity contribution in [2.24, 2.45) is 5.92 Å². The van der Waals surface area contributed by atoms with Crippen LogP contribution in [0.1, 0.15) is 50.5 Å². The van der Waals surface area contributed by atoms with Crippen LogP contribution < -0.4 is 5.32 Å². The number of carbonyl (C=O) groups excluding carboxylic acids is 1. The van der Waals surface area contributed by atoms with E-state index in [9.17, 15) is 13.2 Å². The summed E-state index contributed by atoms with van der Waals surface area (Å²) >= 11 is 3.38. The first-order valence-electron chi connectivity index (χ1n) is 10.1.